The molecule has 0 unspecified atom stereocenters. The fraction of sp³-hybridized carbons (Fsp3) is 0.286. The van der Waals surface area contributed by atoms with Gasteiger partial charge in [-0.2, -0.15) is 0 Å². The van der Waals surface area contributed by atoms with E-state index in [0.717, 1.165) is 10.8 Å². The highest BCUT2D eigenvalue weighted by Crippen LogP contribution is 2.30. The van der Waals surface area contributed by atoms with Crippen LogP contribution in [0.1, 0.15) is 25.5 Å². The predicted octanol–water partition coefficient (Wildman–Crippen LogP) is 2.93. The number of fused-ring (bicyclic) bond motifs is 1. The van der Waals surface area contributed by atoms with Crippen molar-refractivity contribution in [3.8, 4) is 0 Å². The zero-order valence-corrected chi connectivity index (χ0v) is 10.3. The zero-order valence-electron chi connectivity index (χ0n) is 10.3. The molecule has 2 aromatic rings. The average Bonchev–Trinajstić information content (AvgIpc) is 2.37. The molecule has 0 saturated carbocycles. The summed E-state index contributed by atoms with van der Waals surface area (Å²) in [5, 5.41) is 23.1. The Morgan fingerprint density at radius 3 is 2.39 bits per heavy atom. The Labute approximate surface area is 105 Å². The Balaban J connectivity index is 2.45. The SMILES string of the molecule is CC(C)([C@@H](O)c1ccc2ccccc2c1)[N+](=O)[O-]. The molecule has 0 spiro atoms. The van der Waals surface area contributed by atoms with Gasteiger partial charge in [0.25, 0.3) is 0 Å². The van der Waals surface area contributed by atoms with E-state index in [1.807, 2.05) is 30.3 Å². The van der Waals surface area contributed by atoms with Crippen LogP contribution in [-0.2, 0) is 0 Å². The van der Waals surface area contributed by atoms with Crippen molar-refractivity contribution in [3.63, 3.8) is 0 Å². The van der Waals surface area contributed by atoms with E-state index in [0.29, 0.717) is 5.56 Å². The number of rotatable bonds is 3. The highest BCUT2D eigenvalue weighted by molar-refractivity contribution is 5.83. The zero-order chi connectivity index (χ0) is 13.3. The molecule has 2 aromatic carbocycles. The topological polar surface area (TPSA) is 63.4 Å². The first-order valence-corrected chi connectivity index (χ1v) is 5.74. The van der Waals surface area contributed by atoms with Gasteiger partial charge in [-0.25, -0.2) is 0 Å². The minimum absolute atomic E-state index is 0.452. The fourth-order valence-electron chi connectivity index (χ4n) is 1.89. The largest absolute Gasteiger partial charge is 0.381 e. The number of benzene rings is 2. The first-order valence-electron chi connectivity index (χ1n) is 5.74. The second kappa shape index (κ2) is 4.38. The second-order valence-electron chi connectivity index (χ2n) is 4.92. The molecule has 0 aliphatic heterocycles. The van der Waals surface area contributed by atoms with Crippen molar-refractivity contribution in [2.45, 2.75) is 25.5 Å². The number of nitrogens with zero attached hydrogens (tertiary/aromatic N) is 1. The highest BCUT2D eigenvalue weighted by Gasteiger charge is 2.40. The van der Waals surface area contributed by atoms with Crippen LogP contribution in [-0.4, -0.2) is 15.6 Å². The van der Waals surface area contributed by atoms with E-state index < -0.39 is 16.6 Å². The quantitative estimate of drug-likeness (QED) is 0.668. The first kappa shape index (κ1) is 12.5. The molecule has 4 nitrogen and oxygen atoms in total. The lowest BCUT2D eigenvalue weighted by molar-refractivity contribution is -0.575. The number of hydrogen-bond donors (Lipinski definition) is 1. The molecule has 4 heteroatoms. The molecule has 0 fully saturated rings. The Morgan fingerprint density at radius 2 is 1.78 bits per heavy atom. The van der Waals surface area contributed by atoms with Crippen LogP contribution < -0.4 is 0 Å². The van der Waals surface area contributed by atoms with Crippen molar-refractivity contribution in [3.05, 3.63) is 58.1 Å². The number of aliphatic hydroxyl groups is 1. The molecular weight excluding hydrogens is 230 g/mol. The summed E-state index contributed by atoms with van der Waals surface area (Å²) in [6.45, 7) is 2.85. The molecule has 0 radical (unpaired) electrons. The molecule has 1 N–H and O–H groups in total. The van der Waals surface area contributed by atoms with Gasteiger partial charge in [0.05, 0.1) is 0 Å². The first-order chi connectivity index (χ1) is 8.43. The number of aliphatic hydroxyl groups excluding tert-OH is 1. The van der Waals surface area contributed by atoms with Gasteiger partial charge in [0.1, 0.15) is 6.10 Å². The van der Waals surface area contributed by atoms with Gasteiger partial charge < -0.3 is 5.11 Å². The smallest absolute Gasteiger partial charge is 0.246 e. The molecule has 0 aliphatic carbocycles. The van der Waals surface area contributed by atoms with E-state index >= 15 is 0 Å². The Kier molecular flexibility index (Phi) is 3.05. The summed E-state index contributed by atoms with van der Waals surface area (Å²) in [6, 6.07) is 13.1. The molecule has 0 heterocycles. The van der Waals surface area contributed by atoms with Gasteiger partial charge in [-0.15, -0.1) is 0 Å². The van der Waals surface area contributed by atoms with E-state index in [9.17, 15) is 15.2 Å². The maximum Gasteiger partial charge on any atom is 0.246 e. The van der Waals surface area contributed by atoms with E-state index in [4.69, 9.17) is 0 Å². The normalized spacial score (nSPS) is 13.5. The lowest BCUT2D eigenvalue weighted by Crippen LogP contribution is -2.38. The molecule has 0 aromatic heterocycles. The maximum atomic E-state index is 10.9. The third kappa shape index (κ3) is 2.07. The van der Waals surface area contributed by atoms with Crippen LogP contribution in [0.2, 0.25) is 0 Å². The monoisotopic (exact) mass is 245 g/mol. The van der Waals surface area contributed by atoms with E-state index in [1.54, 1.807) is 12.1 Å². The van der Waals surface area contributed by atoms with Crippen LogP contribution >= 0.6 is 0 Å². The molecular formula is C14H15NO3. The van der Waals surface area contributed by atoms with Gasteiger partial charge >= 0.3 is 0 Å². The second-order valence-corrected chi connectivity index (χ2v) is 4.92. The van der Waals surface area contributed by atoms with E-state index in [2.05, 4.69) is 0 Å². The number of hydrogen-bond acceptors (Lipinski definition) is 3. The van der Waals surface area contributed by atoms with Crippen molar-refractivity contribution in [2.75, 3.05) is 0 Å². The van der Waals surface area contributed by atoms with Crippen LogP contribution in [0.15, 0.2) is 42.5 Å². The van der Waals surface area contributed by atoms with Gasteiger partial charge in [-0.3, -0.25) is 10.1 Å². The Hall–Kier alpha value is -1.94. The lowest BCUT2D eigenvalue weighted by atomic mass is 9.91. The standard InChI is InChI=1S/C14H15NO3/c1-14(2,15(17)18)13(16)12-8-7-10-5-3-4-6-11(10)9-12/h3-9,13,16H,1-2H3/t13-/m0/s1. The molecule has 1 atom stereocenters. The third-order valence-electron chi connectivity index (χ3n) is 3.23. The van der Waals surface area contributed by atoms with Crippen LogP contribution in [0.3, 0.4) is 0 Å². The van der Waals surface area contributed by atoms with Crippen molar-refractivity contribution in [1.82, 2.24) is 0 Å². The Morgan fingerprint density at radius 1 is 1.17 bits per heavy atom. The lowest BCUT2D eigenvalue weighted by Gasteiger charge is -2.22. The van der Waals surface area contributed by atoms with Crippen molar-refractivity contribution < 1.29 is 10.0 Å². The molecule has 0 bridgehead atoms. The van der Waals surface area contributed by atoms with Crippen LogP contribution in [0, 0.1) is 10.1 Å². The molecule has 0 saturated heterocycles. The highest BCUT2D eigenvalue weighted by atomic mass is 16.6. The van der Waals surface area contributed by atoms with Crippen LogP contribution in [0.5, 0.6) is 0 Å². The van der Waals surface area contributed by atoms with Crippen molar-refractivity contribution in [2.24, 2.45) is 0 Å². The van der Waals surface area contributed by atoms with Gasteiger partial charge in [-0.1, -0.05) is 36.4 Å². The van der Waals surface area contributed by atoms with Crippen LogP contribution in [0.25, 0.3) is 10.8 Å². The van der Waals surface area contributed by atoms with Gasteiger partial charge in [0.15, 0.2) is 0 Å². The predicted molar refractivity (Wildman–Crippen MR) is 70.0 cm³/mol. The maximum absolute atomic E-state index is 10.9. The molecule has 0 aliphatic rings. The Bertz CT molecular complexity index is 592. The summed E-state index contributed by atoms with van der Waals surface area (Å²) in [6.07, 6.45) is -1.13. The van der Waals surface area contributed by atoms with E-state index in [-0.39, 0.29) is 0 Å². The van der Waals surface area contributed by atoms with Gasteiger partial charge in [0.2, 0.25) is 5.54 Å². The summed E-state index contributed by atoms with van der Waals surface area (Å²) in [7, 11) is 0. The molecule has 2 rings (SSSR count). The summed E-state index contributed by atoms with van der Waals surface area (Å²) < 4.78 is 0. The average molecular weight is 245 g/mol. The fourth-order valence-corrected chi connectivity index (χ4v) is 1.89. The third-order valence-corrected chi connectivity index (χ3v) is 3.23. The van der Waals surface area contributed by atoms with Gasteiger partial charge in [0, 0.05) is 18.8 Å². The van der Waals surface area contributed by atoms with Crippen molar-refractivity contribution in [1.29, 1.82) is 0 Å². The molecule has 94 valence electrons. The van der Waals surface area contributed by atoms with Crippen molar-refractivity contribution >= 4 is 10.8 Å². The van der Waals surface area contributed by atoms with Crippen LogP contribution in [0.4, 0.5) is 0 Å². The summed E-state index contributed by atoms with van der Waals surface area (Å²) in [4.78, 5) is 10.5. The summed E-state index contributed by atoms with van der Waals surface area (Å²) >= 11 is 0. The molecule has 0 amide bonds. The van der Waals surface area contributed by atoms with E-state index in [1.165, 1.54) is 13.8 Å². The number of nitro groups is 1. The molecule has 18 heavy (non-hydrogen) atoms. The minimum atomic E-state index is -1.40. The van der Waals surface area contributed by atoms with Gasteiger partial charge in [-0.05, 0) is 22.4 Å². The minimum Gasteiger partial charge on any atom is -0.381 e. The summed E-state index contributed by atoms with van der Waals surface area (Å²) in [5.41, 5.74) is -0.835. The summed E-state index contributed by atoms with van der Waals surface area (Å²) in [5.74, 6) is 0.